The summed E-state index contributed by atoms with van der Waals surface area (Å²) in [4.78, 5) is 41.8. The average Bonchev–Trinajstić information content (AvgIpc) is 2.83. The predicted octanol–water partition coefficient (Wildman–Crippen LogP) is 4.74. The minimum absolute atomic E-state index is 0.0957. The Bertz CT molecular complexity index is 1040. The Kier molecular flexibility index (Phi) is 10.7. The van der Waals surface area contributed by atoms with Gasteiger partial charge < -0.3 is 25.4 Å². The maximum absolute atomic E-state index is 14.0. The van der Waals surface area contributed by atoms with Crippen LogP contribution in [-0.4, -0.2) is 52.7 Å². The summed E-state index contributed by atoms with van der Waals surface area (Å²) < 4.78 is 5.40. The fourth-order valence-corrected chi connectivity index (χ4v) is 4.08. The zero-order valence-electron chi connectivity index (χ0n) is 23.0. The first-order valence-corrected chi connectivity index (χ1v) is 12.7. The molecule has 3 amide bonds. The molecular formula is C29H41N3O5. The Labute approximate surface area is 220 Å². The molecule has 0 heterocycles. The highest BCUT2D eigenvalue weighted by Gasteiger charge is 2.38. The van der Waals surface area contributed by atoms with E-state index in [1.165, 1.54) is 4.90 Å². The number of hydrogen-bond acceptors (Lipinski definition) is 5. The quantitative estimate of drug-likeness (QED) is 0.427. The number of alkyl carbamates (subject to hydrolysis) is 1. The number of ether oxygens (including phenoxy) is 1. The number of aryl methyl sites for hydroxylation is 2. The minimum Gasteiger partial charge on any atom is -0.444 e. The number of carbonyl (C=O) groups is 3. The van der Waals surface area contributed by atoms with E-state index in [0.717, 1.165) is 11.1 Å². The minimum atomic E-state index is -1.04. The number of benzene rings is 2. The van der Waals surface area contributed by atoms with Gasteiger partial charge in [0.2, 0.25) is 5.91 Å². The lowest BCUT2D eigenvalue weighted by Gasteiger charge is -2.35. The zero-order valence-corrected chi connectivity index (χ0v) is 23.0. The number of hydrogen-bond donors (Lipinski definition) is 3. The molecule has 2 rings (SSSR count). The van der Waals surface area contributed by atoms with Gasteiger partial charge in [-0.25, -0.2) is 4.79 Å². The lowest BCUT2D eigenvalue weighted by Crippen LogP contribution is -2.55. The largest absolute Gasteiger partial charge is 0.444 e. The number of aliphatic hydroxyl groups is 1. The van der Waals surface area contributed by atoms with Gasteiger partial charge in [0, 0.05) is 12.2 Å². The molecule has 37 heavy (non-hydrogen) atoms. The fourth-order valence-electron chi connectivity index (χ4n) is 4.08. The molecule has 0 saturated heterocycles. The highest BCUT2D eigenvalue weighted by Crippen LogP contribution is 2.27. The average molecular weight is 512 g/mol. The van der Waals surface area contributed by atoms with Crippen molar-refractivity contribution >= 4 is 23.6 Å². The summed E-state index contributed by atoms with van der Waals surface area (Å²) in [5.74, 6) is -1.13. The second-order valence-electron chi connectivity index (χ2n) is 10.3. The number of nitrogens with one attached hydrogen (secondary N) is 2. The van der Waals surface area contributed by atoms with E-state index in [1.807, 2.05) is 52.0 Å². The SMILES string of the molecule is CCC(C)C(NC(=O)OC(C)(C)C)C(=O)N(CCO)C(C(=O)Nc1c(C)cccc1C)c1ccccc1. The number of rotatable bonds is 10. The van der Waals surface area contributed by atoms with Crippen LogP contribution in [0.1, 0.15) is 63.8 Å². The summed E-state index contributed by atoms with van der Waals surface area (Å²) in [7, 11) is 0. The van der Waals surface area contributed by atoms with Gasteiger partial charge in [0.05, 0.1) is 6.61 Å². The Balaban J connectivity index is 2.51. The van der Waals surface area contributed by atoms with Gasteiger partial charge in [-0.1, -0.05) is 68.8 Å². The molecule has 0 aromatic heterocycles. The van der Waals surface area contributed by atoms with E-state index in [0.29, 0.717) is 17.7 Å². The molecule has 0 aliphatic rings. The predicted molar refractivity (Wildman–Crippen MR) is 145 cm³/mol. The number of amides is 3. The molecule has 8 heteroatoms. The van der Waals surface area contributed by atoms with Crippen LogP contribution in [0, 0.1) is 19.8 Å². The van der Waals surface area contributed by atoms with Gasteiger partial charge in [0.1, 0.15) is 17.7 Å². The second kappa shape index (κ2) is 13.2. The van der Waals surface area contributed by atoms with E-state index in [2.05, 4.69) is 10.6 Å². The summed E-state index contributed by atoms with van der Waals surface area (Å²) in [6, 6.07) is 12.7. The van der Waals surface area contributed by atoms with Crippen molar-refractivity contribution in [2.45, 2.75) is 72.6 Å². The molecular weight excluding hydrogens is 470 g/mol. The van der Waals surface area contributed by atoms with Crippen molar-refractivity contribution in [2.75, 3.05) is 18.5 Å². The zero-order chi connectivity index (χ0) is 27.8. The maximum atomic E-state index is 14.0. The topological polar surface area (TPSA) is 108 Å². The summed E-state index contributed by atoms with van der Waals surface area (Å²) in [5.41, 5.74) is 2.31. The second-order valence-corrected chi connectivity index (χ2v) is 10.3. The van der Waals surface area contributed by atoms with Crippen molar-refractivity contribution in [2.24, 2.45) is 5.92 Å². The first-order chi connectivity index (χ1) is 17.4. The third-order valence-corrected chi connectivity index (χ3v) is 6.18. The number of carbonyl (C=O) groups excluding carboxylic acids is 3. The van der Waals surface area contributed by atoms with Gasteiger partial charge in [-0.05, 0) is 57.2 Å². The fraction of sp³-hybridized carbons (Fsp3) is 0.483. The van der Waals surface area contributed by atoms with Crippen LogP contribution in [-0.2, 0) is 14.3 Å². The van der Waals surface area contributed by atoms with Crippen LogP contribution in [0.25, 0.3) is 0 Å². The van der Waals surface area contributed by atoms with Crippen molar-refractivity contribution < 1.29 is 24.2 Å². The smallest absolute Gasteiger partial charge is 0.408 e. The van der Waals surface area contributed by atoms with Gasteiger partial charge in [-0.2, -0.15) is 0 Å². The van der Waals surface area contributed by atoms with Crippen molar-refractivity contribution in [3.05, 3.63) is 65.2 Å². The molecule has 0 fully saturated rings. The van der Waals surface area contributed by atoms with E-state index >= 15 is 0 Å². The Morgan fingerprint density at radius 3 is 2.11 bits per heavy atom. The van der Waals surface area contributed by atoms with E-state index < -0.39 is 35.6 Å². The first kappa shape index (κ1) is 29.8. The normalized spacial score (nSPS) is 13.7. The first-order valence-electron chi connectivity index (χ1n) is 12.7. The molecule has 3 N–H and O–H groups in total. The van der Waals surface area contributed by atoms with Gasteiger partial charge in [0.15, 0.2) is 0 Å². The Morgan fingerprint density at radius 1 is 1.00 bits per heavy atom. The van der Waals surface area contributed by atoms with Gasteiger partial charge in [0.25, 0.3) is 5.91 Å². The van der Waals surface area contributed by atoms with Crippen molar-refractivity contribution in [1.82, 2.24) is 10.2 Å². The molecule has 0 saturated carbocycles. The summed E-state index contributed by atoms with van der Waals surface area (Å²) >= 11 is 0. The molecule has 3 atom stereocenters. The molecule has 0 spiro atoms. The van der Waals surface area contributed by atoms with Crippen molar-refractivity contribution in [1.29, 1.82) is 0 Å². The van der Waals surface area contributed by atoms with Crippen LogP contribution in [0.4, 0.5) is 10.5 Å². The molecule has 2 aromatic rings. The van der Waals surface area contributed by atoms with Crippen molar-refractivity contribution in [3.63, 3.8) is 0 Å². The van der Waals surface area contributed by atoms with E-state index in [-0.39, 0.29) is 19.1 Å². The molecule has 0 aliphatic carbocycles. The van der Waals surface area contributed by atoms with E-state index in [4.69, 9.17) is 4.74 Å². The van der Waals surface area contributed by atoms with Crippen LogP contribution < -0.4 is 10.6 Å². The lowest BCUT2D eigenvalue weighted by molar-refractivity contribution is -0.142. The molecule has 202 valence electrons. The summed E-state index contributed by atoms with van der Waals surface area (Å²) in [6.07, 6.45) is -0.115. The molecule has 3 unspecified atom stereocenters. The lowest BCUT2D eigenvalue weighted by atomic mass is 9.95. The molecule has 0 aliphatic heterocycles. The standard InChI is InChI=1S/C29H41N3O5/c1-8-19(2)24(31-28(36)37-29(5,6)7)27(35)32(17-18-33)25(22-15-10-9-11-16-22)26(34)30-23-20(3)13-12-14-21(23)4/h9-16,19,24-25,33H,8,17-18H2,1-7H3,(H,30,34)(H,31,36). The molecule has 2 aromatic carbocycles. The Hall–Kier alpha value is -3.39. The monoisotopic (exact) mass is 511 g/mol. The van der Waals surface area contributed by atoms with Gasteiger partial charge in [-0.3, -0.25) is 9.59 Å². The van der Waals surface area contributed by atoms with E-state index in [9.17, 15) is 19.5 Å². The summed E-state index contributed by atoms with van der Waals surface area (Å²) in [5, 5.41) is 15.6. The highest BCUT2D eigenvalue weighted by atomic mass is 16.6. The van der Waals surface area contributed by atoms with Crippen LogP contribution >= 0.6 is 0 Å². The molecule has 8 nitrogen and oxygen atoms in total. The molecule has 0 radical (unpaired) electrons. The number of anilines is 1. The molecule has 0 bridgehead atoms. The van der Waals surface area contributed by atoms with Crippen molar-refractivity contribution in [3.8, 4) is 0 Å². The van der Waals surface area contributed by atoms with Gasteiger partial charge >= 0.3 is 6.09 Å². The van der Waals surface area contributed by atoms with Crippen LogP contribution in [0.3, 0.4) is 0 Å². The van der Waals surface area contributed by atoms with Crippen LogP contribution in [0.2, 0.25) is 0 Å². The van der Waals surface area contributed by atoms with Gasteiger partial charge in [-0.15, -0.1) is 0 Å². The number of para-hydroxylation sites is 1. The number of aliphatic hydroxyl groups excluding tert-OH is 1. The summed E-state index contributed by atoms with van der Waals surface area (Å²) in [6.45, 7) is 12.4. The van der Waals surface area contributed by atoms with Crippen LogP contribution in [0.15, 0.2) is 48.5 Å². The number of nitrogens with zero attached hydrogens (tertiary/aromatic N) is 1. The third-order valence-electron chi connectivity index (χ3n) is 6.18. The highest BCUT2D eigenvalue weighted by molar-refractivity contribution is 6.00. The third kappa shape index (κ3) is 8.32. The van der Waals surface area contributed by atoms with Crippen LogP contribution in [0.5, 0.6) is 0 Å². The Morgan fingerprint density at radius 2 is 1.59 bits per heavy atom. The van der Waals surface area contributed by atoms with E-state index in [1.54, 1.807) is 45.0 Å². The maximum Gasteiger partial charge on any atom is 0.408 e.